The molecule has 0 aromatic carbocycles. The van der Waals surface area contributed by atoms with E-state index in [0.29, 0.717) is 11.0 Å². The number of hydrogen-bond donors (Lipinski definition) is 2. The van der Waals surface area contributed by atoms with Crippen molar-refractivity contribution in [1.29, 1.82) is 0 Å². The quantitative estimate of drug-likeness (QED) is 0.811. The maximum Gasteiger partial charge on any atom is 0.247 e. The van der Waals surface area contributed by atoms with Gasteiger partial charge >= 0.3 is 0 Å². The fourth-order valence-electron chi connectivity index (χ4n) is 2.02. The third kappa shape index (κ3) is 2.65. The van der Waals surface area contributed by atoms with E-state index in [0.717, 1.165) is 0 Å². The first-order valence-corrected chi connectivity index (χ1v) is 8.24. The van der Waals surface area contributed by atoms with E-state index in [9.17, 15) is 13.2 Å². The van der Waals surface area contributed by atoms with Crippen LogP contribution in [0, 0.1) is 0 Å². The summed E-state index contributed by atoms with van der Waals surface area (Å²) in [6.07, 6.45) is 1.51. The van der Waals surface area contributed by atoms with Crippen molar-refractivity contribution in [2.75, 3.05) is 25.5 Å². The normalized spacial score (nSPS) is 20.6. The molecule has 0 saturated carbocycles. The van der Waals surface area contributed by atoms with E-state index in [1.54, 1.807) is 14.0 Å². The Bertz CT molecular complexity index is 635. The molecule has 20 heavy (non-hydrogen) atoms. The number of rotatable bonds is 3. The molecule has 0 spiro atoms. The minimum atomic E-state index is -3.79. The van der Waals surface area contributed by atoms with Crippen molar-refractivity contribution in [2.45, 2.75) is 17.9 Å². The Balaban J connectivity index is 2.49. The van der Waals surface area contributed by atoms with Crippen LogP contribution in [0.2, 0.25) is 0 Å². The van der Waals surface area contributed by atoms with E-state index in [2.05, 4.69) is 31.5 Å². The first-order chi connectivity index (χ1) is 9.37. The van der Waals surface area contributed by atoms with Crippen LogP contribution in [-0.4, -0.2) is 49.8 Å². The SMILES string of the molecule is CNc1ncc(Br)cc1S(=O)(=O)N1CCNC(=O)C1C. The average Bonchev–Trinajstić information content (AvgIpc) is 2.41. The molecule has 1 atom stereocenters. The highest BCUT2D eigenvalue weighted by Gasteiger charge is 2.37. The third-order valence-electron chi connectivity index (χ3n) is 3.09. The molecule has 2 N–H and O–H groups in total. The van der Waals surface area contributed by atoms with Gasteiger partial charge in [0.25, 0.3) is 0 Å². The number of aromatic nitrogens is 1. The average molecular weight is 363 g/mol. The van der Waals surface area contributed by atoms with Crippen LogP contribution in [0.4, 0.5) is 5.82 Å². The maximum absolute atomic E-state index is 12.7. The van der Waals surface area contributed by atoms with Gasteiger partial charge in [-0.05, 0) is 28.9 Å². The molecule has 9 heteroatoms. The van der Waals surface area contributed by atoms with Crippen molar-refractivity contribution in [3.63, 3.8) is 0 Å². The number of carbonyl (C=O) groups is 1. The van der Waals surface area contributed by atoms with E-state index in [-0.39, 0.29) is 23.2 Å². The number of pyridine rings is 1. The Labute approximate surface area is 125 Å². The van der Waals surface area contributed by atoms with E-state index >= 15 is 0 Å². The van der Waals surface area contributed by atoms with Crippen LogP contribution in [-0.2, 0) is 14.8 Å². The van der Waals surface area contributed by atoms with Gasteiger partial charge in [-0.3, -0.25) is 4.79 Å². The zero-order valence-electron chi connectivity index (χ0n) is 11.1. The molecule has 1 fully saturated rings. The molecule has 0 aliphatic carbocycles. The van der Waals surface area contributed by atoms with Crippen LogP contribution in [0.25, 0.3) is 0 Å². The number of nitrogens with zero attached hydrogens (tertiary/aromatic N) is 2. The molecule has 1 aliphatic heterocycles. The minimum Gasteiger partial charge on any atom is -0.372 e. The Morgan fingerprint density at radius 3 is 2.90 bits per heavy atom. The van der Waals surface area contributed by atoms with Gasteiger partial charge < -0.3 is 10.6 Å². The molecule has 2 rings (SSSR count). The summed E-state index contributed by atoms with van der Waals surface area (Å²) in [5.41, 5.74) is 0. The lowest BCUT2D eigenvalue weighted by Gasteiger charge is -2.32. The van der Waals surface area contributed by atoms with Gasteiger partial charge in [-0.15, -0.1) is 0 Å². The van der Waals surface area contributed by atoms with Crippen molar-refractivity contribution in [3.05, 3.63) is 16.7 Å². The van der Waals surface area contributed by atoms with Crippen LogP contribution < -0.4 is 10.6 Å². The summed E-state index contributed by atoms with van der Waals surface area (Å²) in [6, 6.07) is 0.741. The number of nitrogens with one attached hydrogen (secondary N) is 2. The Hall–Kier alpha value is -1.19. The third-order valence-corrected chi connectivity index (χ3v) is 5.50. The highest BCUT2D eigenvalue weighted by molar-refractivity contribution is 9.10. The topological polar surface area (TPSA) is 91.4 Å². The molecule has 1 unspecified atom stereocenters. The summed E-state index contributed by atoms with van der Waals surface area (Å²) in [7, 11) is -2.19. The second-order valence-corrected chi connectivity index (χ2v) is 7.11. The van der Waals surface area contributed by atoms with Gasteiger partial charge in [0.05, 0.1) is 0 Å². The maximum atomic E-state index is 12.7. The zero-order chi connectivity index (χ0) is 14.9. The number of carbonyl (C=O) groups excluding carboxylic acids is 1. The summed E-state index contributed by atoms with van der Waals surface area (Å²) in [6.45, 7) is 2.11. The summed E-state index contributed by atoms with van der Waals surface area (Å²) in [5, 5.41) is 5.40. The molecule has 1 aromatic heterocycles. The molecule has 0 radical (unpaired) electrons. The van der Waals surface area contributed by atoms with Crippen LogP contribution >= 0.6 is 15.9 Å². The molecule has 1 amide bonds. The van der Waals surface area contributed by atoms with E-state index in [4.69, 9.17) is 0 Å². The molecule has 110 valence electrons. The molecular weight excluding hydrogens is 348 g/mol. The predicted octanol–water partition coefficient (Wildman–Crippen LogP) is 0.395. The lowest BCUT2D eigenvalue weighted by molar-refractivity contribution is -0.126. The van der Waals surface area contributed by atoms with E-state index in [1.165, 1.54) is 16.6 Å². The molecule has 1 aromatic rings. The number of anilines is 1. The Kier molecular flexibility index (Phi) is 4.31. The number of sulfonamides is 1. The smallest absolute Gasteiger partial charge is 0.247 e. The molecule has 7 nitrogen and oxygen atoms in total. The molecular formula is C11H15BrN4O3S. The van der Waals surface area contributed by atoms with E-state index < -0.39 is 16.1 Å². The summed E-state index contributed by atoms with van der Waals surface area (Å²) in [5.74, 6) is -0.0415. The second-order valence-electron chi connectivity index (χ2n) is 4.33. The lowest BCUT2D eigenvalue weighted by atomic mass is 10.2. The Morgan fingerprint density at radius 1 is 1.55 bits per heavy atom. The second kappa shape index (κ2) is 5.66. The first kappa shape index (κ1) is 15.2. The van der Waals surface area contributed by atoms with Gasteiger partial charge in [0, 0.05) is 30.8 Å². The van der Waals surface area contributed by atoms with Gasteiger partial charge in [0.15, 0.2) is 0 Å². The van der Waals surface area contributed by atoms with Crippen LogP contribution in [0.3, 0.4) is 0 Å². The summed E-state index contributed by atoms with van der Waals surface area (Å²) in [4.78, 5) is 15.7. The molecule has 1 aliphatic rings. The fraction of sp³-hybridized carbons (Fsp3) is 0.455. The number of halogens is 1. The lowest BCUT2D eigenvalue weighted by Crippen LogP contribution is -2.55. The highest BCUT2D eigenvalue weighted by atomic mass is 79.9. The van der Waals surface area contributed by atoms with Crippen molar-refractivity contribution < 1.29 is 13.2 Å². The van der Waals surface area contributed by atoms with E-state index in [1.807, 2.05) is 0 Å². The van der Waals surface area contributed by atoms with Crippen molar-refractivity contribution in [1.82, 2.24) is 14.6 Å². The van der Waals surface area contributed by atoms with Gasteiger partial charge in [-0.1, -0.05) is 0 Å². The summed E-state index contributed by atoms with van der Waals surface area (Å²) >= 11 is 3.22. The van der Waals surface area contributed by atoms with Gasteiger partial charge in [-0.25, -0.2) is 13.4 Å². The first-order valence-electron chi connectivity index (χ1n) is 6.00. The highest BCUT2D eigenvalue weighted by Crippen LogP contribution is 2.27. The Morgan fingerprint density at radius 2 is 2.25 bits per heavy atom. The molecule has 1 saturated heterocycles. The summed E-state index contributed by atoms with van der Waals surface area (Å²) < 4.78 is 27.2. The fourth-order valence-corrected chi connectivity index (χ4v) is 4.28. The van der Waals surface area contributed by atoms with Crippen LogP contribution in [0.1, 0.15) is 6.92 Å². The van der Waals surface area contributed by atoms with Crippen LogP contribution in [0.5, 0.6) is 0 Å². The monoisotopic (exact) mass is 362 g/mol. The van der Waals surface area contributed by atoms with Gasteiger partial charge in [0.1, 0.15) is 16.8 Å². The number of piperazine rings is 1. The standard InChI is InChI=1S/C11H15BrN4O3S/c1-7-11(17)14-3-4-16(7)20(18,19)9-5-8(12)6-15-10(9)13-2/h5-7H,3-4H2,1-2H3,(H,13,15)(H,14,17). The minimum absolute atomic E-state index is 0.0518. The number of hydrogen-bond acceptors (Lipinski definition) is 5. The molecule has 0 bridgehead atoms. The zero-order valence-corrected chi connectivity index (χ0v) is 13.5. The van der Waals surface area contributed by atoms with Crippen molar-refractivity contribution >= 4 is 37.7 Å². The van der Waals surface area contributed by atoms with Crippen molar-refractivity contribution in [3.8, 4) is 0 Å². The van der Waals surface area contributed by atoms with Crippen molar-refractivity contribution in [2.24, 2.45) is 0 Å². The number of amides is 1. The largest absolute Gasteiger partial charge is 0.372 e. The predicted molar refractivity (Wildman–Crippen MR) is 77.8 cm³/mol. The molecule has 2 heterocycles. The van der Waals surface area contributed by atoms with Gasteiger partial charge in [-0.2, -0.15) is 4.31 Å². The van der Waals surface area contributed by atoms with Crippen LogP contribution in [0.15, 0.2) is 21.6 Å². The van der Waals surface area contributed by atoms with Gasteiger partial charge in [0.2, 0.25) is 15.9 Å².